The molecule has 0 fully saturated rings. The maximum atomic E-state index is 2.40. The Labute approximate surface area is 121 Å². The van der Waals surface area contributed by atoms with Gasteiger partial charge >= 0.3 is 0 Å². The zero-order chi connectivity index (χ0) is 11.1. The van der Waals surface area contributed by atoms with Gasteiger partial charge in [-0.1, -0.05) is 24.3 Å². The van der Waals surface area contributed by atoms with Gasteiger partial charge in [-0.3, -0.25) is 0 Å². The summed E-state index contributed by atoms with van der Waals surface area (Å²) >= 11 is 4.80. The molecule has 78 valence electrons. The molecule has 0 amide bonds. The zero-order valence-corrected chi connectivity index (χ0v) is 12.7. The van der Waals surface area contributed by atoms with Crippen molar-refractivity contribution in [2.45, 2.75) is 0 Å². The summed E-state index contributed by atoms with van der Waals surface area (Å²) < 4.78 is 2.63. The zero-order valence-electron chi connectivity index (χ0n) is 8.37. The molecule has 0 radical (unpaired) electrons. The van der Waals surface area contributed by atoms with E-state index in [0.29, 0.717) is 0 Å². The molecule has 0 saturated carbocycles. The summed E-state index contributed by atoms with van der Waals surface area (Å²) in [7, 11) is 0. The van der Waals surface area contributed by atoms with Gasteiger partial charge < -0.3 is 0 Å². The van der Waals surface area contributed by atoms with Gasteiger partial charge in [-0.25, -0.2) is 0 Å². The first-order chi connectivity index (χ1) is 7.75. The highest BCUT2D eigenvalue weighted by Gasteiger charge is 2.02. The Bertz CT molecular complexity index is 630. The van der Waals surface area contributed by atoms with Gasteiger partial charge in [0.2, 0.25) is 0 Å². The van der Waals surface area contributed by atoms with Crippen LogP contribution in [0.3, 0.4) is 0 Å². The molecule has 0 aliphatic rings. The summed E-state index contributed by atoms with van der Waals surface area (Å²) in [6.45, 7) is 0. The van der Waals surface area contributed by atoms with Crippen LogP contribution in [-0.2, 0) is 0 Å². The molecule has 0 aliphatic heterocycles. The van der Waals surface area contributed by atoms with E-state index in [1.165, 1.54) is 28.7 Å². The standard InChI is InChI=1S/C14H8I2/c15-13-5-1-3-9-7-10-4-2-6-14(16)12(10)8-11(9)13/h1-8H. The van der Waals surface area contributed by atoms with Crippen molar-refractivity contribution in [3.8, 4) is 0 Å². The third-order valence-electron chi connectivity index (χ3n) is 2.77. The Morgan fingerprint density at radius 2 is 1.12 bits per heavy atom. The minimum Gasteiger partial charge on any atom is -0.0606 e. The predicted molar refractivity (Wildman–Crippen MR) is 86.9 cm³/mol. The van der Waals surface area contributed by atoms with E-state index in [0.717, 1.165) is 0 Å². The molecule has 16 heavy (non-hydrogen) atoms. The summed E-state index contributed by atoms with van der Waals surface area (Å²) in [5, 5.41) is 5.34. The van der Waals surface area contributed by atoms with Crippen molar-refractivity contribution in [3.05, 3.63) is 55.7 Å². The van der Waals surface area contributed by atoms with Crippen molar-refractivity contribution >= 4 is 66.7 Å². The van der Waals surface area contributed by atoms with Crippen molar-refractivity contribution in [2.24, 2.45) is 0 Å². The number of fused-ring (bicyclic) bond motifs is 2. The second-order valence-electron chi connectivity index (χ2n) is 3.77. The Kier molecular flexibility index (Phi) is 2.79. The van der Waals surface area contributed by atoms with Gasteiger partial charge in [0.1, 0.15) is 0 Å². The number of hydrogen-bond acceptors (Lipinski definition) is 0. The first kappa shape index (κ1) is 10.8. The van der Waals surface area contributed by atoms with Crippen LogP contribution in [0.5, 0.6) is 0 Å². The molecule has 2 heteroatoms. The Morgan fingerprint density at radius 1 is 0.625 bits per heavy atom. The summed E-state index contributed by atoms with van der Waals surface area (Å²) in [6, 6.07) is 17.5. The van der Waals surface area contributed by atoms with Crippen LogP contribution in [-0.4, -0.2) is 0 Å². The van der Waals surface area contributed by atoms with Gasteiger partial charge in [0.15, 0.2) is 0 Å². The lowest BCUT2D eigenvalue weighted by atomic mass is 10.0. The van der Waals surface area contributed by atoms with Gasteiger partial charge in [-0.2, -0.15) is 0 Å². The third kappa shape index (κ3) is 1.72. The molecule has 0 saturated heterocycles. The van der Waals surface area contributed by atoms with Gasteiger partial charge in [-0.05, 0) is 91.0 Å². The highest BCUT2D eigenvalue weighted by atomic mass is 127. The Morgan fingerprint density at radius 3 is 1.62 bits per heavy atom. The first-order valence-electron chi connectivity index (χ1n) is 5.02. The number of hydrogen-bond donors (Lipinski definition) is 0. The molecule has 0 atom stereocenters. The topological polar surface area (TPSA) is 0 Å². The molecule has 0 nitrogen and oxygen atoms in total. The fourth-order valence-corrected chi connectivity index (χ4v) is 3.33. The van der Waals surface area contributed by atoms with Crippen LogP contribution in [0.4, 0.5) is 0 Å². The van der Waals surface area contributed by atoms with Crippen molar-refractivity contribution in [1.82, 2.24) is 0 Å². The average molecular weight is 430 g/mol. The second-order valence-corrected chi connectivity index (χ2v) is 6.10. The number of benzene rings is 3. The predicted octanol–water partition coefficient (Wildman–Crippen LogP) is 5.20. The van der Waals surface area contributed by atoms with E-state index in [1.807, 2.05) is 0 Å². The minimum absolute atomic E-state index is 1.32. The normalized spacial score (nSPS) is 11.1. The summed E-state index contributed by atoms with van der Waals surface area (Å²) in [5.41, 5.74) is 0. The highest BCUT2D eigenvalue weighted by molar-refractivity contribution is 14.1. The van der Waals surface area contributed by atoms with Gasteiger partial charge in [-0.15, -0.1) is 0 Å². The maximum absolute atomic E-state index is 2.40. The van der Waals surface area contributed by atoms with E-state index in [2.05, 4.69) is 93.7 Å². The average Bonchev–Trinajstić information content (AvgIpc) is 2.28. The molecule has 0 aromatic heterocycles. The fourth-order valence-electron chi connectivity index (χ4n) is 1.98. The largest absolute Gasteiger partial charge is 0.0606 e. The van der Waals surface area contributed by atoms with E-state index in [9.17, 15) is 0 Å². The molecule has 3 aromatic carbocycles. The summed E-state index contributed by atoms with van der Waals surface area (Å²) in [6.07, 6.45) is 0. The quantitative estimate of drug-likeness (QED) is 0.340. The Balaban J connectivity index is 2.55. The molecule has 0 aliphatic carbocycles. The SMILES string of the molecule is Ic1cccc2cc3cccc(I)c3cc12. The van der Waals surface area contributed by atoms with Gasteiger partial charge in [0.05, 0.1) is 0 Å². The molecular formula is C14H8I2. The van der Waals surface area contributed by atoms with Crippen LogP contribution in [0.25, 0.3) is 21.5 Å². The summed E-state index contributed by atoms with van der Waals surface area (Å²) in [5.74, 6) is 0. The van der Waals surface area contributed by atoms with E-state index < -0.39 is 0 Å². The third-order valence-corrected chi connectivity index (χ3v) is 4.65. The monoisotopic (exact) mass is 430 g/mol. The van der Waals surface area contributed by atoms with Gasteiger partial charge in [0, 0.05) is 7.14 Å². The highest BCUT2D eigenvalue weighted by Crippen LogP contribution is 2.28. The smallest absolute Gasteiger partial charge is 0.0209 e. The van der Waals surface area contributed by atoms with Crippen LogP contribution >= 0.6 is 45.2 Å². The van der Waals surface area contributed by atoms with E-state index in [-0.39, 0.29) is 0 Å². The number of rotatable bonds is 0. The minimum atomic E-state index is 1.32. The molecule has 0 N–H and O–H groups in total. The van der Waals surface area contributed by atoms with Crippen LogP contribution in [0.15, 0.2) is 48.5 Å². The van der Waals surface area contributed by atoms with Crippen LogP contribution in [0, 0.1) is 7.14 Å². The lowest BCUT2D eigenvalue weighted by molar-refractivity contribution is 1.70. The van der Waals surface area contributed by atoms with Crippen LogP contribution in [0.1, 0.15) is 0 Å². The second kappa shape index (κ2) is 4.14. The van der Waals surface area contributed by atoms with Crippen molar-refractivity contribution in [1.29, 1.82) is 0 Å². The molecule has 0 bridgehead atoms. The Hall–Kier alpha value is -0.360. The van der Waals surface area contributed by atoms with Crippen molar-refractivity contribution < 1.29 is 0 Å². The molecule has 0 spiro atoms. The lowest BCUT2D eigenvalue weighted by Crippen LogP contribution is -1.81. The van der Waals surface area contributed by atoms with Crippen molar-refractivity contribution in [3.63, 3.8) is 0 Å². The number of halogens is 2. The van der Waals surface area contributed by atoms with Crippen LogP contribution in [0.2, 0.25) is 0 Å². The summed E-state index contributed by atoms with van der Waals surface area (Å²) in [4.78, 5) is 0. The molecule has 3 rings (SSSR count). The van der Waals surface area contributed by atoms with Gasteiger partial charge in [0.25, 0.3) is 0 Å². The molecule has 0 unspecified atom stereocenters. The molecular weight excluding hydrogens is 422 g/mol. The molecule has 3 aromatic rings. The fraction of sp³-hybridized carbons (Fsp3) is 0. The lowest BCUT2D eigenvalue weighted by Gasteiger charge is -2.05. The maximum Gasteiger partial charge on any atom is 0.0209 e. The first-order valence-corrected chi connectivity index (χ1v) is 7.18. The van der Waals surface area contributed by atoms with E-state index in [4.69, 9.17) is 0 Å². The van der Waals surface area contributed by atoms with E-state index >= 15 is 0 Å². The van der Waals surface area contributed by atoms with Crippen molar-refractivity contribution in [2.75, 3.05) is 0 Å². The molecule has 0 heterocycles. The van der Waals surface area contributed by atoms with Crippen LogP contribution < -0.4 is 0 Å². The van der Waals surface area contributed by atoms with E-state index in [1.54, 1.807) is 0 Å².